The topological polar surface area (TPSA) is 106 Å². The molecule has 0 unspecified atom stereocenters. The Hall–Kier alpha value is -3.42. The van der Waals surface area contributed by atoms with Gasteiger partial charge in [-0.3, -0.25) is 14.6 Å². The molecule has 1 heterocycles. The van der Waals surface area contributed by atoms with Gasteiger partial charge in [0.2, 0.25) is 10.9 Å². The third-order valence-electron chi connectivity index (χ3n) is 3.22. The number of rotatable bonds is 2. The Bertz CT molecular complexity index is 1060. The smallest absolute Gasteiger partial charge is 0.340 e. The first-order chi connectivity index (χ1) is 11.0. The van der Waals surface area contributed by atoms with E-state index in [1.54, 1.807) is 0 Å². The Morgan fingerprint density at radius 1 is 1.09 bits per heavy atom. The van der Waals surface area contributed by atoms with Crippen molar-refractivity contribution in [2.75, 3.05) is 5.01 Å². The SMILES string of the molecule is NC(=O)N(/N=c1/c(=O)c2ccc(F)cc2c1=O)c1ccncc1. The van der Waals surface area contributed by atoms with E-state index in [0.717, 1.165) is 17.1 Å². The zero-order valence-corrected chi connectivity index (χ0v) is 11.6. The van der Waals surface area contributed by atoms with E-state index in [2.05, 4.69) is 10.1 Å². The van der Waals surface area contributed by atoms with Crippen molar-refractivity contribution in [1.82, 2.24) is 4.98 Å². The Labute approximate surface area is 127 Å². The van der Waals surface area contributed by atoms with Crippen LogP contribution in [0.15, 0.2) is 57.4 Å². The van der Waals surface area contributed by atoms with Gasteiger partial charge in [0.25, 0.3) is 0 Å². The highest BCUT2D eigenvalue weighted by Crippen LogP contribution is 2.11. The van der Waals surface area contributed by atoms with Gasteiger partial charge in [-0.05, 0) is 30.3 Å². The van der Waals surface area contributed by atoms with Crippen LogP contribution in [0.25, 0.3) is 10.8 Å². The molecule has 2 aromatic carbocycles. The van der Waals surface area contributed by atoms with Gasteiger partial charge in [0.05, 0.1) is 5.69 Å². The number of halogens is 1. The highest BCUT2D eigenvalue weighted by Gasteiger charge is 2.16. The number of carbonyl (C=O) groups is 1. The van der Waals surface area contributed by atoms with Gasteiger partial charge in [-0.25, -0.2) is 9.18 Å². The minimum absolute atomic E-state index is 0.0364. The van der Waals surface area contributed by atoms with Crippen LogP contribution in [0.3, 0.4) is 0 Å². The molecule has 7 nitrogen and oxygen atoms in total. The lowest BCUT2D eigenvalue weighted by molar-refractivity contribution is 0.254. The first kappa shape index (κ1) is 14.5. The van der Waals surface area contributed by atoms with Gasteiger partial charge >= 0.3 is 6.03 Å². The van der Waals surface area contributed by atoms with Crippen molar-refractivity contribution >= 4 is 22.5 Å². The molecule has 114 valence electrons. The number of carbonyl (C=O) groups excluding carboxylic acids is 1. The van der Waals surface area contributed by atoms with Gasteiger partial charge in [0.1, 0.15) is 5.82 Å². The van der Waals surface area contributed by atoms with E-state index >= 15 is 0 Å². The zero-order valence-electron chi connectivity index (χ0n) is 11.6. The summed E-state index contributed by atoms with van der Waals surface area (Å²) in [6.07, 6.45) is 2.79. The van der Waals surface area contributed by atoms with Gasteiger partial charge in [-0.1, -0.05) is 0 Å². The maximum atomic E-state index is 13.3. The molecular formula is C15H9FN4O3. The van der Waals surface area contributed by atoms with Gasteiger partial charge in [0.15, 0.2) is 5.36 Å². The maximum absolute atomic E-state index is 13.3. The van der Waals surface area contributed by atoms with Crippen LogP contribution in [0, 0.1) is 5.82 Å². The molecule has 1 aromatic heterocycles. The zero-order chi connectivity index (χ0) is 16.6. The molecule has 8 heteroatoms. The predicted molar refractivity (Wildman–Crippen MR) is 80.7 cm³/mol. The van der Waals surface area contributed by atoms with Gasteiger partial charge in [-0.15, -0.1) is 0 Å². The summed E-state index contributed by atoms with van der Waals surface area (Å²) in [5.74, 6) is -0.646. The monoisotopic (exact) mass is 312 g/mol. The van der Waals surface area contributed by atoms with Crippen molar-refractivity contribution in [1.29, 1.82) is 0 Å². The third kappa shape index (κ3) is 2.46. The molecule has 0 aliphatic carbocycles. The lowest BCUT2D eigenvalue weighted by Crippen LogP contribution is -2.40. The lowest BCUT2D eigenvalue weighted by Gasteiger charge is -2.12. The molecule has 0 spiro atoms. The van der Waals surface area contributed by atoms with Crippen LogP contribution in [-0.4, -0.2) is 11.0 Å². The Morgan fingerprint density at radius 2 is 1.74 bits per heavy atom. The van der Waals surface area contributed by atoms with Gasteiger partial charge in [0, 0.05) is 23.2 Å². The molecule has 23 heavy (non-hydrogen) atoms. The number of nitrogens with two attached hydrogens (primary N) is 1. The van der Waals surface area contributed by atoms with Crippen LogP contribution in [-0.2, 0) is 0 Å². The van der Waals surface area contributed by atoms with Crippen LogP contribution in [0.1, 0.15) is 0 Å². The maximum Gasteiger partial charge on any atom is 0.340 e. The van der Waals surface area contributed by atoms with Crippen molar-refractivity contribution in [3.63, 3.8) is 0 Å². The molecule has 0 bridgehead atoms. The Kier molecular flexibility index (Phi) is 3.41. The Balaban J connectivity index is 2.30. The highest BCUT2D eigenvalue weighted by atomic mass is 19.1. The van der Waals surface area contributed by atoms with Crippen LogP contribution < -0.4 is 27.0 Å². The van der Waals surface area contributed by atoms with Crippen molar-refractivity contribution in [3.05, 3.63) is 74.3 Å². The molecule has 0 fully saturated rings. The van der Waals surface area contributed by atoms with Crippen LogP contribution in [0.5, 0.6) is 0 Å². The first-order valence-corrected chi connectivity index (χ1v) is 6.46. The van der Waals surface area contributed by atoms with Gasteiger partial charge in [-0.2, -0.15) is 10.1 Å². The van der Waals surface area contributed by atoms with E-state index in [1.165, 1.54) is 30.6 Å². The molecule has 3 rings (SSSR count). The van der Waals surface area contributed by atoms with Crippen molar-refractivity contribution < 1.29 is 9.18 Å². The molecule has 2 amide bonds. The average Bonchev–Trinajstić information content (AvgIpc) is 2.76. The second-order valence-corrected chi connectivity index (χ2v) is 4.65. The summed E-state index contributed by atoms with van der Waals surface area (Å²) >= 11 is 0. The van der Waals surface area contributed by atoms with E-state index in [-0.39, 0.29) is 16.5 Å². The summed E-state index contributed by atoms with van der Waals surface area (Å²) in [5, 5.41) is 3.94. The van der Waals surface area contributed by atoms with Crippen molar-refractivity contribution in [2.45, 2.75) is 0 Å². The number of hydrogen-bond acceptors (Lipinski definition) is 5. The number of urea groups is 1. The average molecular weight is 312 g/mol. The number of pyridine rings is 1. The molecule has 0 atom stereocenters. The molecule has 0 saturated heterocycles. The van der Waals surface area contributed by atoms with Crippen LogP contribution in [0.4, 0.5) is 14.9 Å². The van der Waals surface area contributed by atoms with E-state index in [4.69, 9.17) is 5.73 Å². The summed E-state index contributed by atoms with van der Waals surface area (Å²) in [6, 6.07) is 5.12. The largest absolute Gasteiger partial charge is 0.350 e. The second kappa shape index (κ2) is 5.41. The summed E-state index contributed by atoms with van der Waals surface area (Å²) in [6.45, 7) is 0. The summed E-state index contributed by atoms with van der Waals surface area (Å²) in [5.41, 5.74) is 4.03. The highest BCUT2D eigenvalue weighted by molar-refractivity contribution is 5.90. The van der Waals surface area contributed by atoms with Crippen molar-refractivity contribution in [2.24, 2.45) is 10.8 Å². The standard InChI is InChI=1S/C15H9FN4O3/c16-8-1-2-10-11(7-8)14(22)12(13(10)21)19-20(15(17)23)9-3-5-18-6-4-9/h1-7H,(H2,17,23)/b19-12-. The number of primary amides is 1. The van der Waals surface area contributed by atoms with E-state index in [1.807, 2.05) is 0 Å². The fourth-order valence-electron chi connectivity index (χ4n) is 2.17. The van der Waals surface area contributed by atoms with E-state index in [0.29, 0.717) is 0 Å². The molecule has 0 radical (unpaired) electrons. The number of hydrogen-bond donors (Lipinski definition) is 1. The molecule has 0 aliphatic rings. The molecule has 2 N–H and O–H groups in total. The number of amides is 2. The number of nitrogens with zero attached hydrogens (tertiary/aromatic N) is 3. The number of fused-ring (bicyclic) bond motifs is 1. The first-order valence-electron chi connectivity index (χ1n) is 6.46. The lowest BCUT2D eigenvalue weighted by atomic mass is 10.2. The number of benzene rings is 1. The molecule has 3 aromatic rings. The molecule has 0 aliphatic heterocycles. The van der Waals surface area contributed by atoms with E-state index in [9.17, 15) is 18.8 Å². The van der Waals surface area contributed by atoms with Crippen LogP contribution in [0.2, 0.25) is 0 Å². The van der Waals surface area contributed by atoms with Crippen LogP contribution >= 0.6 is 0 Å². The summed E-state index contributed by atoms with van der Waals surface area (Å²) in [7, 11) is 0. The van der Waals surface area contributed by atoms with E-state index < -0.39 is 28.1 Å². The predicted octanol–water partition coefficient (Wildman–Crippen LogP) is 0.371. The van der Waals surface area contributed by atoms with Gasteiger partial charge < -0.3 is 5.73 Å². The minimum Gasteiger partial charge on any atom is -0.350 e. The molecule has 0 saturated carbocycles. The van der Waals surface area contributed by atoms with Crippen molar-refractivity contribution in [3.8, 4) is 0 Å². The minimum atomic E-state index is -0.980. The Morgan fingerprint density at radius 3 is 2.39 bits per heavy atom. The second-order valence-electron chi connectivity index (χ2n) is 4.65. The summed E-state index contributed by atoms with van der Waals surface area (Å²) in [4.78, 5) is 39.8. The third-order valence-corrected chi connectivity index (χ3v) is 3.22. The fraction of sp³-hybridized carbons (Fsp3) is 0. The molecular weight excluding hydrogens is 303 g/mol. The number of anilines is 1. The fourth-order valence-corrected chi connectivity index (χ4v) is 2.17. The normalized spacial score (nSPS) is 11.8. The summed E-state index contributed by atoms with van der Waals surface area (Å²) < 4.78 is 13.3. The number of aromatic nitrogens is 1. The quantitative estimate of drug-likeness (QED) is 0.690.